The fourth-order valence-corrected chi connectivity index (χ4v) is 2.62. The SMILES string of the molecule is CCOC(=O)C1CCN(C(=O)c2nnsc2C)CC1. The van der Waals surface area contributed by atoms with Crippen LogP contribution < -0.4 is 0 Å². The number of ether oxygens (including phenoxy) is 1. The summed E-state index contributed by atoms with van der Waals surface area (Å²) >= 11 is 1.23. The van der Waals surface area contributed by atoms with Gasteiger partial charge in [0.25, 0.3) is 5.91 Å². The Hall–Kier alpha value is -1.50. The van der Waals surface area contributed by atoms with Crippen LogP contribution in [0.2, 0.25) is 0 Å². The minimum absolute atomic E-state index is 0.0846. The molecule has 0 bridgehead atoms. The highest BCUT2D eigenvalue weighted by Crippen LogP contribution is 2.21. The molecule has 2 heterocycles. The highest BCUT2D eigenvalue weighted by atomic mass is 32.1. The second-order valence-electron chi connectivity index (χ2n) is 4.50. The van der Waals surface area contributed by atoms with E-state index in [0.717, 1.165) is 4.88 Å². The van der Waals surface area contributed by atoms with Gasteiger partial charge >= 0.3 is 5.97 Å². The first-order valence-corrected chi connectivity index (χ1v) is 7.15. The molecule has 0 atom stereocenters. The smallest absolute Gasteiger partial charge is 0.309 e. The molecule has 104 valence electrons. The summed E-state index contributed by atoms with van der Waals surface area (Å²) in [5, 5.41) is 3.86. The summed E-state index contributed by atoms with van der Waals surface area (Å²) in [6, 6.07) is 0. The Labute approximate surface area is 115 Å². The van der Waals surface area contributed by atoms with Crippen LogP contribution >= 0.6 is 11.5 Å². The van der Waals surface area contributed by atoms with Crippen LogP contribution in [-0.2, 0) is 9.53 Å². The molecule has 0 N–H and O–H groups in total. The molecule has 0 unspecified atom stereocenters. The highest BCUT2D eigenvalue weighted by molar-refractivity contribution is 7.05. The molecule has 7 heteroatoms. The lowest BCUT2D eigenvalue weighted by molar-refractivity contribution is -0.149. The van der Waals surface area contributed by atoms with Crippen LogP contribution in [0.3, 0.4) is 0 Å². The first kappa shape index (κ1) is 13.9. The zero-order chi connectivity index (χ0) is 13.8. The molecule has 1 aromatic rings. The number of piperidine rings is 1. The predicted octanol–water partition coefficient (Wildman–Crippen LogP) is 1.26. The van der Waals surface area contributed by atoms with E-state index in [9.17, 15) is 9.59 Å². The first-order valence-electron chi connectivity index (χ1n) is 6.38. The summed E-state index contributed by atoms with van der Waals surface area (Å²) in [4.78, 5) is 26.4. The number of likely N-dealkylation sites (tertiary alicyclic amines) is 1. The molecule has 0 saturated carbocycles. The maximum absolute atomic E-state index is 12.2. The van der Waals surface area contributed by atoms with Crippen LogP contribution in [0, 0.1) is 12.8 Å². The van der Waals surface area contributed by atoms with E-state index < -0.39 is 0 Å². The summed E-state index contributed by atoms with van der Waals surface area (Å²) in [5.74, 6) is -0.326. The fourth-order valence-electron chi connectivity index (χ4n) is 2.16. The van der Waals surface area contributed by atoms with Gasteiger partial charge in [-0.2, -0.15) is 0 Å². The van der Waals surface area contributed by atoms with Crippen LogP contribution in [0.1, 0.15) is 35.1 Å². The average Bonchev–Trinajstić information content (AvgIpc) is 2.84. The molecule has 19 heavy (non-hydrogen) atoms. The topological polar surface area (TPSA) is 72.4 Å². The quantitative estimate of drug-likeness (QED) is 0.781. The van der Waals surface area contributed by atoms with E-state index in [1.165, 1.54) is 11.5 Å². The lowest BCUT2D eigenvalue weighted by Crippen LogP contribution is -2.41. The molecule has 0 spiro atoms. The van der Waals surface area contributed by atoms with Crippen molar-refractivity contribution in [1.82, 2.24) is 14.5 Å². The second kappa shape index (κ2) is 6.10. The van der Waals surface area contributed by atoms with Crippen LogP contribution in [0.25, 0.3) is 0 Å². The van der Waals surface area contributed by atoms with Crippen molar-refractivity contribution in [3.05, 3.63) is 10.6 Å². The van der Waals surface area contributed by atoms with Crippen LogP contribution in [0.4, 0.5) is 0 Å². The molecule has 2 rings (SSSR count). The number of carbonyl (C=O) groups is 2. The van der Waals surface area contributed by atoms with Crippen LogP contribution in [0.15, 0.2) is 0 Å². The van der Waals surface area contributed by atoms with Crippen molar-refractivity contribution in [3.63, 3.8) is 0 Å². The van der Waals surface area contributed by atoms with Gasteiger partial charge in [-0.25, -0.2) is 0 Å². The monoisotopic (exact) mass is 283 g/mol. The summed E-state index contributed by atoms with van der Waals surface area (Å²) in [7, 11) is 0. The zero-order valence-electron chi connectivity index (χ0n) is 11.1. The van der Waals surface area contributed by atoms with E-state index in [1.54, 1.807) is 11.8 Å². The Kier molecular flexibility index (Phi) is 4.47. The van der Waals surface area contributed by atoms with Gasteiger partial charge < -0.3 is 9.64 Å². The van der Waals surface area contributed by atoms with E-state index in [-0.39, 0.29) is 17.8 Å². The van der Waals surface area contributed by atoms with E-state index in [1.807, 2.05) is 6.92 Å². The third kappa shape index (κ3) is 3.09. The van der Waals surface area contributed by atoms with Crippen molar-refractivity contribution in [2.24, 2.45) is 5.92 Å². The lowest BCUT2D eigenvalue weighted by Gasteiger charge is -2.30. The molecule has 0 aliphatic carbocycles. The predicted molar refractivity (Wildman–Crippen MR) is 69.9 cm³/mol. The molecule has 1 amide bonds. The van der Waals surface area contributed by atoms with Gasteiger partial charge in [-0.05, 0) is 38.2 Å². The molecule has 6 nitrogen and oxygen atoms in total. The number of nitrogens with zero attached hydrogens (tertiary/aromatic N) is 3. The highest BCUT2D eigenvalue weighted by Gasteiger charge is 2.30. The molecule has 0 aromatic carbocycles. The number of rotatable bonds is 3. The molecular formula is C12H17N3O3S. The lowest BCUT2D eigenvalue weighted by atomic mass is 9.97. The number of aryl methyl sites for hydroxylation is 1. The van der Waals surface area contributed by atoms with Gasteiger partial charge in [0.2, 0.25) is 0 Å². The fraction of sp³-hybridized carbons (Fsp3) is 0.667. The standard InChI is InChI=1S/C12H17N3O3S/c1-3-18-12(17)9-4-6-15(7-5-9)11(16)10-8(2)19-14-13-10/h9H,3-7H2,1-2H3. The maximum Gasteiger partial charge on any atom is 0.309 e. The van der Waals surface area contributed by atoms with Gasteiger partial charge in [-0.1, -0.05) is 4.49 Å². The first-order chi connectivity index (χ1) is 9.13. The number of hydrogen-bond donors (Lipinski definition) is 0. The number of esters is 1. The van der Waals surface area contributed by atoms with Crippen molar-refractivity contribution >= 4 is 23.4 Å². The molecule has 1 aliphatic heterocycles. The van der Waals surface area contributed by atoms with Crippen molar-refractivity contribution in [3.8, 4) is 0 Å². The number of carbonyl (C=O) groups excluding carboxylic acids is 2. The van der Waals surface area contributed by atoms with Crippen LogP contribution in [0.5, 0.6) is 0 Å². The summed E-state index contributed by atoms with van der Waals surface area (Å²) in [6.07, 6.45) is 1.31. The number of aromatic nitrogens is 2. The van der Waals surface area contributed by atoms with E-state index >= 15 is 0 Å². The molecule has 0 radical (unpaired) electrons. The third-order valence-electron chi connectivity index (χ3n) is 3.26. The molecule has 1 aromatic heterocycles. The Morgan fingerprint density at radius 1 is 1.42 bits per heavy atom. The largest absolute Gasteiger partial charge is 0.466 e. The Morgan fingerprint density at radius 2 is 2.11 bits per heavy atom. The summed E-state index contributed by atoms with van der Waals surface area (Å²) in [6.45, 7) is 5.18. The zero-order valence-corrected chi connectivity index (χ0v) is 11.9. The van der Waals surface area contributed by atoms with Crippen molar-refractivity contribution < 1.29 is 14.3 Å². The second-order valence-corrected chi connectivity index (χ2v) is 5.45. The normalized spacial score (nSPS) is 16.4. The van der Waals surface area contributed by atoms with Gasteiger partial charge in [0.05, 0.1) is 17.4 Å². The Morgan fingerprint density at radius 3 is 2.63 bits per heavy atom. The Balaban J connectivity index is 1.92. The van der Waals surface area contributed by atoms with Gasteiger partial charge in [0.1, 0.15) is 0 Å². The Bertz CT molecular complexity index is 467. The van der Waals surface area contributed by atoms with Crippen molar-refractivity contribution in [2.75, 3.05) is 19.7 Å². The average molecular weight is 283 g/mol. The maximum atomic E-state index is 12.2. The molecule has 1 fully saturated rings. The molecule has 1 aliphatic rings. The summed E-state index contributed by atoms with van der Waals surface area (Å²) in [5.41, 5.74) is 0.430. The van der Waals surface area contributed by atoms with E-state index in [0.29, 0.717) is 38.2 Å². The minimum Gasteiger partial charge on any atom is -0.466 e. The van der Waals surface area contributed by atoms with Crippen molar-refractivity contribution in [2.45, 2.75) is 26.7 Å². The number of amides is 1. The van der Waals surface area contributed by atoms with Gasteiger partial charge in [-0.3, -0.25) is 9.59 Å². The van der Waals surface area contributed by atoms with E-state index in [2.05, 4.69) is 9.59 Å². The van der Waals surface area contributed by atoms with Crippen LogP contribution in [-0.4, -0.2) is 46.1 Å². The van der Waals surface area contributed by atoms with Crippen molar-refractivity contribution in [1.29, 1.82) is 0 Å². The van der Waals surface area contributed by atoms with Gasteiger partial charge in [0, 0.05) is 13.1 Å². The third-order valence-corrected chi connectivity index (χ3v) is 3.89. The molecular weight excluding hydrogens is 266 g/mol. The molecule has 1 saturated heterocycles. The van der Waals surface area contributed by atoms with Gasteiger partial charge in [0.15, 0.2) is 5.69 Å². The van der Waals surface area contributed by atoms with E-state index in [4.69, 9.17) is 4.74 Å². The summed E-state index contributed by atoms with van der Waals surface area (Å²) < 4.78 is 8.78. The number of hydrogen-bond acceptors (Lipinski definition) is 6. The van der Waals surface area contributed by atoms with Gasteiger partial charge in [-0.15, -0.1) is 5.10 Å². The minimum atomic E-state index is -0.152.